The molecule has 0 aromatic heterocycles. The standard InChI is InChI=1S/C12H16FNO5S/c1-8(4-5-15)7-14-20(18,19)11-6-9(12(16)17)2-3-10(11)13/h2-3,6,8,14-15H,4-5,7H2,1H3,(H,16,17). The highest BCUT2D eigenvalue weighted by molar-refractivity contribution is 7.89. The lowest BCUT2D eigenvalue weighted by atomic mass is 10.1. The molecule has 1 atom stereocenters. The molecule has 0 spiro atoms. The van der Waals surface area contributed by atoms with E-state index in [0.29, 0.717) is 6.42 Å². The molecular weight excluding hydrogens is 289 g/mol. The number of carboxylic acid groups (broad SMARTS) is 1. The predicted molar refractivity (Wildman–Crippen MR) is 69.4 cm³/mol. The Labute approximate surface area is 116 Å². The van der Waals surface area contributed by atoms with Crippen molar-refractivity contribution >= 4 is 16.0 Å². The molecule has 0 aliphatic rings. The van der Waals surface area contributed by atoms with Crippen LogP contribution in [0.5, 0.6) is 0 Å². The molecule has 1 aromatic rings. The summed E-state index contributed by atoms with van der Waals surface area (Å²) in [4.78, 5) is 10.1. The number of hydrogen-bond donors (Lipinski definition) is 3. The molecule has 3 N–H and O–H groups in total. The van der Waals surface area contributed by atoms with Crippen LogP contribution in [0, 0.1) is 11.7 Å². The fourth-order valence-corrected chi connectivity index (χ4v) is 2.76. The lowest BCUT2D eigenvalue weighted by Gasteiger charge is -2.12. The maximum absolute atomic E-state index is 13.5. The number of aromatic carboxylic acids is 1. The summed E-state index contributed by atoms with van der Waals surface area (Å²) in [6.45, 7) is 1.67. The van der Waals surface area contributed by atoms with Gasteiger partial charge in [0.1, 0.15) is 10.7 Å². The molecule has 112 valence electrons. The van der Waals surface area contributed by atoms with Gasteiger partial charge in [0, 0.05) is 13.2 Å². The number of sulfonamides is 1. The summed E-state index contributed by atoms with van der Waals surface area (Å²) < 4.78 is 39.6. The van der Waals surface area contributed by atoms with E-state index in [1.807, 2.05) is 0 Å². The third kappa shape index (κ3) is 4.26. The number of carbonyl (C=O) groups is 1. The fourth-order valence-electron chi connectivity index (χ4n) is 1.49. The molecule has 0 radical (unpaired) electrons. The van der Waals surface area contributed by atoms with Crippen molar-refractivity contribution in [2.75, 3.05) is 13.2 Å². The third-order valence-corrected chi connectivity index (χ3v) is 4.15. The lowest BCUT2D eigenvalue weighted by Crippen LogP contribution is -2.29. The Kier molecular flexibility index (Phi) is 5.61. The van der Waals surface area contributed by atoms with E-state index in [-0.39, 0.29) is 24.6 Å². The Morgan fingerprint density at radius 1 is 1.45 bits per heavy atom. The fraction of sp³-hybridized carbons (Fsp3) is 0.417. The molecule has 0 saturated heterocycles. The number of benzene rings is 1. The maximum Gasteiger partial charge on any atom is 0.335 e. The summed E-state index contributed by atoms with van der Waals surface area (Å²) in [6, 6.07) is 2.57. The van der Waals surface area contributed by atoms with Gasteiger partial charge in [0.05, 0.1) is 5.56 Å². The Morgan fingerprint density at radius 2 is 2.10 bits per heavy atom. The van der Waals surface area contributed by atoms with E-state index < -0.39 is 26.7 Å². The predicted octanol–water partition coefficient (Wildman–Crippen LogP) is 0.821. The van der Waals surface area contributed by atoms with Crippen LogP contribution in [0.15, 0.2) is 23.1 Å². The topological polar surface area (TPSA) is 104 Å². The van der Waals surface area contributed by atoms with Crippen molar-refractivity contribution in [3.05, 3.63) is 29.6 Å². The number of halogens is 1. The molecule has 0 bridgehead atoms. The van der Waals surface area contributed by atoms with Crippen LogP contribution in [0.25, 0.3) is 0 Å². The van der Waals surface area contributed by atoms with Crippen LogP contribution >= 0.6 is 0 Å². The normalized spacial score (nSPS) is 13.2. The van der Waals surface area contributed by atoms with E-state index in [0.717, 1.165) is 18.2 Å². The van der Waals surface area contributed by atoms with Crippen LogP contribution in [-0.4, -0.2) is 37.8 Å². The number of nitrogens with one attached hydrogen (secondary N) is 1. The maximum atomic E-state index is 13.5. The summed E-state index contributed by atoms with van der Waals surface area (Å²) in [5.41, 5.74) is -0.310. The summed E-state index contributed by atoms with van der Waals surface area (Å²) in [5, 5.41) is 17.5. The van der Waals surface area contributed by atoms with E-state index in [9.17, 15) is 17.6 Å². The molecule has 1 aromatic carbocycles. The molecule has 0 saturated carbocycles. The van der Waals surface area contributed by atoms with Crippen LogP contribution < -0.4 is 4.72 Å². The van der Waals surface area contributed by atoms with E-state index in [2.05, 4.69) is 4.72 Å². The second-order valence-electron chi connectivity index (χ2n) is 4.42. The van der Waals surface area contributed by atoms with Gasteiger partial charge < -0.3 is 10.2 Å². The van der Waals surface area contributed by atoms with Crippen molar-refractivity contribution in [2.45, 2.75) is 18.2 Å². The molecule has 0 aliphatic heterocycles. The zero-order valence-corrected chi connectivity index (χ0v) is 11.7. The minimum Gasteiger partial charge on any atom is -0.478 e. The highest BCUT2D eigenvalue weighted by Gasteiger charge is 2.21. The van der Waals surface area contributed by atoms with E-state index in [1.165, 1.54) is 0 Å². The first kappa shape index (κ1) is 16.5. The zero-order chi connectivity index (χ0) is 15.3. The third-order valence-electron chi connectivity index (χ3n) is 2.71. The molecule has 0 fully saturated rings. The van der Waals surface area contributed by atoms with Gasteiger partial charge in [-0.15, -0.1) is 0 Å². The van der Waals surface area contributed by atoms with Crippen molar-refractivity contribution in [1.82, 2.24) is 4.72 Å². The van der Waals surface area contributed by atoms with Crippen molar-refractivity contribution in [2.24, 2.45) is 5.92 Å². The average Bonchev–Trinajstić information content (AvgIpc) is 2.37. The van der Waals surface area contributed by atoms with Crippen molar-refractivity contribution in [1.29, 1.82) is 0 Å². The first-order chi connectivity index (χ1) is 9.27. The average molecular weight is 305 g/mol. The lowest BCUT2D eigenvalue weighted by molar-refractivity contribution is 0.0696. The van der Waals surface area contributed by atoms with Crippen molar-refractivity contribution in [3.8, 4) is 0 Å². The van der Waals surface area contributed by atoms with Crippen molar-refractivity contribution in [3.63, 3.8) is 0 Å². The first-order valence-corrected chi connectivity index (χ1v) is 7.39. The molecule has 0 aliphatic carbocycles. The van der Waals surface area contributed by atoms with Gasteiger partial charge in [-0.25, -0.2) is 22.3 Å². The Balaban J connectivity index is 2.97. The number of rotatable bonds is 7. The highest BCUT2D eigenvalue weighted by Crippen LogP contribution is 2.17. The van der Waals surface area contributed by atoms with Crippen LogP contribution in [0.1, 0.15) is 23.7 Å². The number of hydrogen-bond acceptors (Lipinski definition) is 4. The van der Waals surface area contributed by atoms with Gasteiger partial charge in [-0.1, -0.05) is 6.92 Å². The number of carboxylic acids is 1. The van der Waals surface area contributed by atoms with Gasteiger partial charge in [0.2, 0.25) is 10.0 Å². The summed E-state index contributed by atoms with van der Waals surface area (Å²) in [7, 11) is -4.13. The molecule has 8 heteroatoms. The zero-order valence-electron chi connectivity index (χ0n) is 10.8. The van der Waals surface area contributed by atoms with Crippen LogP contribution in [-0.2, 0) is 10.0 Å². The second kappa shape index (κ2) is 6.78. The Hall–Kier alpha value is -1.51. The largest absolute Gasteiger partial charge is 0.478 e. The van der Waals surface area contributed by atoms with Gasteiger partial charge in [0.15, 0.2) is 0 Å². The molecule has 20 heavy (non-hydrogen) atoms. The van der Waals surface area contributed by atoms with E-state index in [4.69, 9.17) is 10.2 Å². The molecule has 0 amide bonds. The second-order valence-corrected chi connectivity index (χ2v) is 6.16. The van der Waals surface area contributed by atoms with Crippen LogP contribution in [0.2, 0.25) is 0 Å². The minimum atomic E-state index is -4.13. The summed E-state index contributed by atoms with van der Waals surface area (Å²) >= 11 is 0. The monoisotopic (exact) mass is 305 g/mol. The summed E-state index contributed by atoms with van der Waals surface area (Å²) in [6.07, 6.45) is 0.403. The quantitative estimate of drug-likeness (QED) is 0.692. The highest BCUT2D eigenvalue weighted by atomic mass is 32.2. The minimum absolute atomic E-state index is 0.0274. The number of aliphatic hydroxyl groups excluding tert-OH is 1. The first-order valence-electron chi connectivity index (χ1n) is 5.91. The Bertz CT molecular complexity index is 588. The molecule has 6 nitrogen and oxygen atoms in total. The van der Waals surface area contributed by atoms with Crippen LogP contribution in [0.3, 0.4) is 0 Å². The molecular formula is C12H16FNO5S. The van der Waals surface area contributed by atoms with Gasteiger partial charge in [-0.3, -0.25) is 0 Å². The van der Waals surface area contributed by atoms with Crippen LogP contribution in [0.4, 0.5) is 4.39 Å². The molecule has 1 unspecified atom stereocenters. The molecule has 0 heterocycles. The van der Waals surface area contributed by atoms with Crippen molar-refractivity contribution < 1.29 is 27.8 Å². The van der Waals surface area contributed by atoms with Gasteiger partial charge in [-0.2, -0.15) is 0 Å². The Morgan fingerprint density at radius 3 is 2.65 bits per heavy atom. The van der Waals surface area contributed by atoms with E-state index in [1.54, 1.807) is 6.92 Å². The number of aliphatic hydroxyl groups is 1. The van der Waals surface area contributed by atoms with Gasteiger partial charge in [-0.05, 0) is 30.5 Å². The summed E-state index contributed by atoms with van der Waals surface area (Å²) in [5.74, 6) is -2.48. The SMILES string of the molecule is CC(CCO)CNS(=O)(=O)c1cc(C(=O)O)ccc1F. The smallest absolute Gasteiger partial charge is 0.335 e. The van der Waals surface area contributed by atoms with E-state index >= 15 is 0 Å². The van der Waals surface area contributed by atoms with Gasteiger partial charge >= 0.3 is 5.97 Å². The molecule has 1 rings (SSSR count). The van der Waals surface area contributed by atoms with Gasteiger partial charge in [0.25, 0.3) is 0 Å².